The van der Waals surface area contributed by atoms with Crippen molar-refractivity contribution in [3.63, 3.8) is 0 Å². The molecule has 0 atom stereocenters. The number of aromatic nitrogens is 3. The molecule has 0 radical (unpaired) electrons. The summed E-state index contributed by atoms with van der Waals surface area (Å²) in [6, 6.07) is 9.72. The predicted octanol–water partition coefficient (Wildman–Crippen LogP) is 3.96. The van der Waals surface area contributed by atoms with Crippen molar-refractivity contribution < 1.29 is 14.6 Å². The van der Waals surface area contributed by atoms with Crippen LogP contribution in [0.4, 0.5) is 21.6 Å². The Kier molecular flexibility index (Phi) is 6.50. The molecule has 0 bridgehead atoms. The van der Waals surface area contributed by atoms with E-state index in [1.807, 2.05) is 55.6 Å². The molecule has 1 amide bonds. The van der Waals surface area contributed by atoms with Gasteiger partial charge in [-0.3, -0.25) is 0 Å². The maximum atomic E-state index is 11.1. The summed E-state index contributed by atoms with van der Waals surface area (Å²) >= 11 is 1.52. The number of carboxylic acid groups (broad SMARTS) is 1. The maximum Gasteiger partial charge on any atom is 0.407 e. The Morgan fingerprint density at radius 2 is 2.00 bits per heavy atom. The fourth-order valence-electron chi connectivity index (χ4n) is 3.36. The number of nitrogens with one attached hydrogen (secondary N) is 1. The topological polar surface area (TPSA) is 104 Å². The Morgan fingerprint density at radius 1 is 1.19 bits per heavy atom. The van der Waals surface area contributed by atoms with Crippen LogP contribution in [-0.4, -0.2) is 64.3 Å². The molecule has 0 spiro atoms. The normalized spacial score (nSPS) is 14.1. The number of thiazole rings is 1. The standard InChI is InChI=1S/C22H24N6O3S/c1-15-24-19(13-20(25-15)27-8-10-28(11-9-27)22(29)30)26-21-23-14-18(32-21)7-6-16-4-3-5-17(12-16)31-2/h3-7,12-14H,8-11H2,1-2H3,(H,29,30)(H,23,24,25,26). The highest BCUT2D eigenvalue weighted by Gasteiger charge is 2.22. The van der Waals surface area contributed by atoms with Crippen molar-refractivity contribution in [1.29, 1.82) is 0 Å². The van der Waals surface area contributed by atoms with Crippen molar-refractivity contribution >= 4 is 46.3 Å². The second-order valence-corrected chi connectivity index (χ2v) is 8.28. The average Bonchev–Trinajstić information content (AvgIpc) is 3.24. The second-order valence-electron chi connectivity index (χ2n) is 7.22. The van der Waals surface area contributed by atoms with Gasteiger partial charge in [-0.2, -0.15) is 0 Å². The van der Waals surface area contributed by atoms with Crippen LogP contribution in [0, 0.1) is 6.92 Å². The molecular weight excluding hydrogens is 428 g/mol. The van der Waals surface area contributed by atoms with Gasteiger partial charge in [0.1, 0.15) is 23.2 Å². The lowest BCUT2D eigenvalue weighted by atomic mass is 10.2. The summed E-state index contributed by atoms with van der Waals surface area (Å²) in [4.78, 5) is 29.1. The molecule has 0 saturated carbocycles. The molecule has 1 aliphatic rings. The molecule has 1 fully saturated rings. The molecule has 166 valence electrons. The van der Waals surface area contributed by atoms with E-state index in [9.17, 15) is 4.79 Å². The lowest BCUT2D eigenvalue weighted by molar-refractivity contribution is 0.142. The first-order valence-electron chi connectivity index (χ1n) is 10.1. The highest BCUT2D eigenvalue weighted by molar-refractivity contribution is 7.16. The van der Waals surface area contributed by atoms with Gasteiger partial charge in [-0.1, -0.05) is 29.5 Å². The van der Waals surface area contributed by atoms with E-state index in [1.165, 1.54) is 16.2 Å². The van der Waals surface area contributed by atoms with Gasteiger partial charge in [-0.15, -0.1) is 0 Å². The number of hydrogen-bond acceptors (Lipinski definition) is 8. The summed E-state index contributed by atoms with van der Waals surface area (Å²) < 4.78 is 5.26. The summed E-state index contributed by atoms with van der Waals surface area (Å²) in [5.41, 5.74) is 1.05. The third-order valence-corrected chi connectivity index (χ3v) is 5.87. The van der Waals surface area contributed by atoms with Gasteiger partial charge in [-0.25, -0.2) is 19.7 Å². The number of rotatable bonds is 6. The van der Waals surface area contributed by atoms with Crippen LogP contribution < -0.4 is 15.0 Å². The first kappa shape index (κ1) is 21.6. The zero-order valence-corrected chi connectivity index (χ0v) is 18.7. The minimum absolute atomic E-state index is 0.455. The Bertz CT molecular complexity index is 1120. The van der Waals surface area contributed by atoms with Crippen LogP contribution in [0.3, 0.4) is 0 Å². The van der Waals surface area contributed by atoms with Crippen molar-refractivity contribution in [2.45, 2.75) is 6.92 Å². The quantitative estimate of drug-likeness (QED) is 0.579. The monoisotopic (exact) mass is 452 g/mol. The number of methoxy groups -OCH3 is 1. The van der Waals surface area contributed by atoms with E-state index < -0.39 is 6.09 Å². The fraction of sp³-hybridized carbons (Fsp3) is 0.273. The number of nitrogens with zero attached hydrogens (tertiary/aromatic N) is 5. The van der Waals surface area contributed by atoms with Crippen LogP contribution in [0.2, 0.25) is 0 Å². The smallest absolute Gasteiger partial charge is 0.407 e. The molecular formula is C22H24N6O3S. The second kappa shape index (κ2) is 9.65. The first-order chi connectivity index (χ1) is 15.5. The minimum Gasteiger partial charge on any atom is -0.497 e. The van der Waals surface area contributed by atoms with Crippen LogP contribution in [0.1, 0.15) is 16.3 Å². The van der Waals surface area contributed by atoms with Crippen LogP contribution >= 0.6 is 11.3 Å². The van der Waals surface area contributed by atoms with Crippen molar-refractivity contribution in [2.75, 3.05) is 43.5 Å². The van der Waals surface area contributed by atoms with Crippen molar-refractivity contribution in [2.24, 2.45) is 0 Å². The number of ether oxygens (including phenoxy) is 1. The number of anilines is 3. The van der Waals surface area contributed by atoms with Gasteiger partial charge in [0.25, 0.3) is 0 Å². The number of amides is 1. The summed E-state index contributed by atoms with van der Waals surface area (Å²) in [6.45, 7) is 3.94. The number of aryl methyl sites for hydroxylation is 1. The number of benzene rings is 1. The van der Waals surface area contributed by atoms with Gasteiger partial charge in [0.2, 0.25) is 0 Å². The number of carbonyl (C=O) groups is 1. The molecule has 4 rings (SSSR count). The van der Waals surface area contributed by atoms with E-state index in [4.69, 9.17) is 9.84 Å². The van der Waals surface area contributed by atoms with Crippen LogP contribution in [0.15, 0.2) is 36.5 Å². The first-order valence-corrected chi connectivity index (χ1v) is 11.0. The Morgan fingerprint density at radius 3 is 2.75 bits per heavy atom. The predicted molar refractivity (Wildman–Crippen MR) is 126 cm³/mol. The Labute approximate surface area is 190 Å². The lowest BCUT2D eigenvalue weighted by Gasteiger charge is -2.34. The molecule has 3 heterocycles. The third kappa shape index (κ3) is 5.33. The van der Waals surface area contributed by atoms with E-state index >= 15 is 0 Å². The zero-order valence-electron chi connectivity index (χ0n) is 17.9. The van der Waals surface area contributed by atoms with E-state index in [0.717, 1.165) is 27.1 Å². The summed E-state index contributed by atoms with van der Waals surface area (Å²) in [7, 11) is 1.65. The van der Waals surface area contributed by atoms with Crippen molar-refractivity contribution in [3.8, 4) is 5.75 Å². The number of piperazine rings is 1. The Balaban J connectivity index is 1.43. The van der Waals surface area contributed by atoms with Gasteiger partial charge < -0.3 is 25.0 Å². The summed E-state index contributed by atoms with van der Waals surface area (Å²) in [6.07, 6.45) is 4.95. The summed E-state index contributed by atoms with van der Waals surface area (Å²) in [5.74, 6) is 2.89. The largest absolute Gasteiger partial charge is 0.497 e. The van der Waals surface area contributed by atoms with Crippen LogP contribution in [0.5, 0.6) is 5.75 Å². The maximum absolute atomic E-state index is 11.1. The SMILES string of the molecule is COc1cccc(C=Cc2cnc(Nc3cc(N4CCN(C(=O)O)CC4)nc(C)n3)s2)c1. The molecule has 1 saturated heterocycles. The zero-order chi connectivity index (χ0) is 22.5. The highest BCUT2D eigenvalue weighted by atomic mass is 32.1. The number of hydrogen-bond donors (Lipinski definition) is 2. The molecule has 9 nitrogen and oxygen atoms in total. The minimum atomic E-state index is -0.883. The van der Waals surface area contributed by atoms with Crippen LogP contribution in [0.25, 0.3) is 12.2 Å². The molecule has 0 aliphatic carbocycles. The highest BCUT2D eigenvalue weighted by Crippen LogP contribution is 2.26. The summed E-state index contributed by atoms with van der Waals surface area (Å²) in [5, 5.41) is 13.1. The van der Waals surface area contributed by atoms with Gasteiger partial charge in [-0.05, 0) is 30.7 Å². The molecule has 2 aromatic heterocycles. The lowest BCUT2D eigenvalue weighted by Crippen LogP contribution is -2.48. The molecule has 3 aromatic rings. The van der Waals surface area contributed by atoms with Gasteiger partial charge in [0, 0.05) is 43.3 Å². The Hall–Kier alpha value is -3.66. The molecule has 1 aliphatic heterocycles. The van der Waals surface area contributed by atoms with Crippen molar-refractivity contribution in [1.82, 2.24) is 19.9 Å². The van der Waals surface area contributed by atoms with Crippen LogP contribution in [-0.2, 0) is 0 Å². The average molecular weight is 453 g/mol. The fourth-order valence-corrected chi connectivity index (χ4v) is 4.09. The third-order valence-electron chi connectivity index (χ3n) is 4.99. The molecule has 2 N–H and O–H groups in total. The van der Waals surface area contributed by atoms with E-state index in [2.05, 4.69) is 25.2 Å². The molecule has 1 aromatic carbocycles. The molecule has 0 unspecified atom stereocenters. The van der Waals surface area contributed by atoms with E-state index in [-0.39, 0.29) is 0 Å². The van der Waals surface area contributed by atoms with Gasteiger partial charge in [0.05, 0.1) is 7.11 Å². The molecule has 10 heteroatoms. The van der Waals surface area contributed by atoms with E-state index in [1.54, 1.807) is 7.11 Å². The van der Waals surface area contributed by atoms with Crippen molar-refractivity contribution in [3.05, 3.63) is 52.8 Å². The molecule has 32 heavy (non-hydrogen) atoms. The van der Waals surface area contributed by atoms with Gasteiger partial charge >= 0.3 is 6.09 Å². The van der Waals surface area contributed by atoms with Gasteiger partial charge in [0.15, 0.2) is 5.13 Å². The van der Waals surface area contributed by atoms with E-state index in [0.29, 0.717) is 37.8 Å².